The lowest BCUT2D eigenvalue weighted by Crippen LogP contribution is -2.30. The van der Waals surface area contributed by atoms with Crippen LogP contribution < -0.4 is 16.0 Å². The van der Waals surface area contributed by atoms with Crippen molar-refractivity contribution in [3.05, 3.63) is 66.2 Å². The molecule has 0 aliphatic heterocycles. The van der Waals surface area contributed by atoms with Crippen molar-refractivity contribution in [3.63, 3.8) is 0 Å². The molecule has 3 aromatic rings. The number of Topliss-reactive ketones (excluding diaryl/α,β-unsaturated/α-hetero) is 1. The van der Waals surface area contributed by atoms with Gasteiger partial charge in [0.1, 0.15) is 0 Å². The number of fused-ring (bicyclic) bond motifs is 1. The number of carbonyl (C=O) groups excluding carboxylic acids is 2. The maximum Gasteiger partial charge on any atom is 0.243 e. The second-order valence-corrected chi connectivity index (χ2v) is 6.33. The molecule has 0 unspecified atom stereocenters. The van der Waals surface area contributed by atoms with E-state index in [-0.39, 0.29) is 18.2 Å². The van der Waals surface area contributed by atoms with Crippen LogP contribution in [0.4, 0.5) is 17.1 Å². The number of ketones is 1. The van der Waals surface area contributed by atoms with Gasteiger partial charge in [0.05, 0.1) is 6.54 Å². The van der Waals surface area contributed by atoms with Crippen LogP contribution in [0.15, 0.2) is 60.7 Å². The Morgan fingerprint density at radius 3 is 2.31 bits per heavy atom. The van der Waals surface area contributed by atoms with Crippen molar-refractivity contribution in [2.45, 2.75) is 6.92 Å². The molecule has 0 atom stereocenters. The minimum absolute atomic E-state index is 0.0485. The van der Waals surface area contributed by atoms with Crippen LogP contribution in [-0.2, 0) is 4.79 Å². The van der Waals surface area contributed by atoms with E-state index in [0.29, 0.717) is 16.9 Å². The van der Waals surface area contributed by atoms with Gasteiger partial charge in [0, 0.05) is 29.7 Å². The molecule has 3 aromatic carbocycles. The summed E-state index contributed by atoms with van der Waals surface area (Å²) in [6.07, 6.45) is 0. The topological polar surface area (TPSA) is 75.4 Å². The molecular weight excluding hydrogens is 326 g/mol. The van der Waals surface area contributed by atoms with Gasteiger partial charge in [0.25, 0.3) is 0 Å². The third kappa shape index (κ3) is 4.00. The summed E-state index contributed by atoms with van der Waals surface area (Å²) in [6.45, 7) is 1.78. The van der Waals surface area contributed by atoms with Crippen LogP contribution in [0.2, 0.25) is 0 Å². The van der Waals surface area contributed by atoms with Gasteiger partial charge in [-0.2, -0.15) is 0 Å². The Balaban J connectivity index is 1.71. The SMILES string of the molecule is CC(=O)c1ccc2cc(N(C)CC(=O)Nc3ccc(N)cc3)ccc2c1. The summed E-state index contributed by atoms with van der Waals surface area (Å²) in [7, 11) is 1.87. The zero-order valence-electron chi connectivity index (χ0n) is 14.8. The van der Waals surface area contributed by atoms with Crippen molar-refractivity contribution in [2.24, 2.45) is 0 Å². The van der Waals surface area contributed by atoms with Crippen LogP contribution in [0.3, 0.4) is 0 Å². The Bertz CT molecular complexity index is 965. The van der Waals surface area contributed by atoms with Crippen molar-refractivity contribution in [2.75, 3.05) is 29.5 Å². The van der Waals surface area contributed by atoms with Crippen molar-refractivity contribution in [1.29, 1.82) is 0 Å². The summed E-state index contributed by atoms with van der Waals surface area (Å²) >= 11 is 0. The fourth-order valence-electron chi connectivity index (χ4n) is 2.76. The van der Waals surface area contributed by atoms with Crippen LogP contribution in [0, 0.1) is 0 Å². The first-order chi connectivity index (χ1) is 12.4. The summed E-state index contributed by atoms with van der Waals surface area (Å²) < 4.78 is 0. The van der Waals surface area contributed by atoms with Crippen LogP contribution in [0.1, 0.15) is 17.3 Å². The number of nitrogens with two attached hydrogens (primary N) is 1. The lowest BCUT2D eigenvalue weighted by Gasteiger charge is -2.19. The highest BCUT2D eigenvalue weighted by molar-refractivity contribution is 5.99. The van der Waals surface area contributed by atoms with E-state index < -0.39 is 0 Å². The largest absolute Gasteiger partial charge is 0.399 e. The summed E-state index contributed by atoms with van der Waals surface area (Å²) in [4.78, 5) is 25.6. The number of nitrogen functional groups attached to an aromatic ring is 1. The van der Waals surface area contributed by atoms with Crippen molar-refractivity contribution < 1.29 is 9.59 Å². The van der Waals surface area contributed by atoms with E-state index in [1.165, 1.54) is 0 Å². The average molecular weight is 347 g/mol. The first-order valence-electron chi connectivity index (χ1n) is 8.33. The van der Waals surface area contributed by atoms with E-state index in [0.717, 1.165) is 16.5 Å². The molecule has 0 saturated carbocycles. The molecule has 0 aromatic heterocycles. The van der Waals surface area contributed by atoms with Crippen molar-refractivity contribution >= 4 is 39.5 Å². The summed E-state index contributed by atoms with van der Waals surface area (Å²) in [5, 5.41) is 4.88. The maximum atomic E-state index is 12.2. The molecule has 3 N–H and O–H groups in total. The normalized spacial score (nSPS) is 10.5. The summed E-state index contributed by atoms with van der Waals surface area (Å²) in [5.74, 6) is -0.0586. The molecule has 0 heterocycles. The predicted octanol–water partition coefficient (Wildman–Crippen LogP) is 3.70. The molecule has 1 amide bonds. The van der Waals surface area contributed by atoms with E-state index in [1.807, 2.05) is 48.3 Å². The number of hydrogen-bond donors (Lipinski definition) is 2. The Kier molecular flexibility index (Phi) is 4.89. The zero-order chi connectivity index (χ0) is 18.7. The number of amides is 1. The number of anilines is 3. The van der Waals surface area contributed by atoms with Crippen molar-refractivity contribution in [3.8, 4) is 0 Å². The van der Waals surface area contributed by atoms with Crippen LogP contribution >= 0.6 is 0 Å². The monoisotopic (exact) mass is 347 g/mol. The molecule has 0 spiro atoms. The Morgan fingerprint density at radius 1 is 0.962 bits per heavy atom. The molecule has 0 fully saturated rings. The molecule has 0 aliphatic rings. The Morgan fingerprint density at radius 2 is 1.62 bits per heavy atom. The highest BCUT2D eigenvalue weighted by Crippen LogP contribution is 2.23. The van der Waals surface area contributed by atoms with Crippen molar-refractivity contribution in [1.82, 2.24) is 0 Å². The van der Waals surface area contributed by atoms with Crippen LogP contribution in [0.5, 0.6) is 0 Å². The van der Waals surface area contributed by atoms with E-state index in [9.17, 15) is 9.59 Å². The van der Waals surface area contributed by atoms with Gasteiger partial charge in [-0.05, 0) is 60.2 Å². The zero-order valence-corrected chi connectivity index (χ0v) is 14.8. The first-order valence-corrected chi connectivity index (χ1v) is 8.33. The lowest BCUT2D eigenvalue weighted by atomic mass is 10.0. The van der Waals surface area contributed by atoms with Gasteiger partial charge in [0.15, 0.2) is 5.78 Å². The molecule has 0 radical (unpaired) electrons. The number of hydrogen-bond acceptors (Lipinski definition) is 4. The third-order valence-electron chi connectivity index (χ3n) is 4.25. The average Bonchev–Trinajstić information content (AvgIpc) is 2.62. The maximum absolute atomic E-state index is 12.2. The Labute approximate surface area is 152 Å². The highest BCUT2D eigenvalue weighted by atomic mass is 16.2. The van der Waals surface area contributed by atoms with Gasteiger partial charge < -0.3 is 16.0 Å². The van der Waals surface area contributed by atoms with Gasteiger partial charge >= 0.3 is 0 Å². The number of rotatable bonds is 5. The molecular formula is C21H21N3O2. The molecule has 3 rings (SSSR count). The minimum atomic E-state index is -0.107. The first kappa shape index (κ1) is 17.5. The van der Waals surface area contributed by atoms with Crippen LogP contribution in [0.25, 0.3) is 10.8 Å². The molecule has 26 heavy (non-hydrogen) atoms. The standard InChI is InChI=1S/C21H21N3O2/c1-14(25)15-3-4-17-12-20(10-5-16(17)11-15)24(2)13-21(26)23-19-8-6-18(22)7-9-19/h3-12H,13,22H2,1-2H3,(H,23,26). The van der Waals surface area contributed by atoms with E-state index in [2.05, 4.69) is 5.32 Å². The van der Waals surface area contributed by atoms with Gasteiger partial charge in [0.2, 0.25) is 5.91 Å². The fraction of sp³-hybridized carbons (Fsp3) is 0.143. The van der Waals surface area contributed by atoms with E-state index >= 15 is 0 Å². The molecule has 0 bridgehead atoms. The molecule has 132 valence electrons. The van der Waals surface area contributed by atoms with Gasteiger partial charge in [-0.25, -0.2) is 0 Å². The summed E-state index contributed by atoms with van der Waals surface area (Å²) in [5.41, 5.74) is 8.64. The smallest absolute Gasteiger partial charge is 0.243 e. The van der Waals surface area contributed by atoms with Gasteiger partial charge in [-0.1, -0.05) is 18.2 Å². The number of likely N-dealkylation sites (N-methyl/N-ethyl adjacent to an activating group) is 1. The van der Waals surface area contributed by atoms with Gasteiger partial charge in [-0.15, -0.1) is 0 Å². The van der Waals surface area contributed by atoms with Gasteiger partial charge in [-0.3, -0.25) is 9.59 Å². The minimum Gasteiger partial charge on any atom is -0.399 e. The quantitative estimate of drug-likeness (QED) is 0.545. The number of benzene rings is 3. The highest BCUT2D eigenvalue weighted by Gasteiger charge is 2.09. The third-order valence-corrected chi connectivity index (χ3v) is 4.25. The fourth-order valence-corrected chi connectivity index (χ4v) is 2.76. The molecule has 0 saturated heterocycles. The van der Waals surface area contributed by atoms with Crippen LogP contribution in [-0.4, -0.2) is 25.3 Å². The number of nitrogens with one attached hydrogen (secondary N) is 1. The van der Waals surface area contributed by atoms with E-state index in [1.54, 1.807) is 31.2 Å². The lowest BCUT2D eigenvalue weighted by molar-refractivity contribution is -0.114. The number of nitrogens with zero attached hydrogens (tertiary/aromatic N) is 1. The Hall–Kier alpha value is -3.34. The molecule has 0 aliphatic carbocycles. The molecule has 5 nitrogen and oxygen atoms in total. The molecule has 5 heteroatoms. The summed E-state index contributed by atoms with van der Waals surface area (Å²) in [6, 6.07) is 18.6. The van der Waals surface area contributed by atoms with E-state index in [4.69, 9.17) is 5.73 Å². The predicted molar refractivity (Wildman–Crippen MR) is 107 cm³/mol. The second kappa shape index (κ2) is 7.27. The number of carbonyl (C=O) groups is 2. The second-order valence-electron chi connectivity index (χ2n) is 6.33.